The summed E-state index contributed by atoms with van der Waals surface area (Å²) in [4.78, 5) is 16.3. The number of ether oxygens (including phenoxy) is 1. The molecular weight excluding hydrogens is 309 g/mol. The average Bonchev–Trinajstić information content (AvgIpc) is 2.71. The molecule has 0 N–H and O–H groups in total. The Kier molecular flexibility index (Phi) is 3.49. The van der Waals surface area contributed by atoms with Crippen LogP contribution in [-0.4, -0.2) is 17.1 Å². The Hall–Kier alpha value is -0.800. The van der Waals surface area contributed by atoms with Crippen molar-refractivity contribution in [2.45, 2.75) is 46.1 Å². The van der Waals surface area contributed by atoms with Gasteiger partial charge in [0.25, 0.3) is 0 Å². The van der Waals surface area contributed by atoms with E-state index in [0.29, 0.717) is 5.92 Å². The van der Waals surface area contributed by atoms with E-state index in [0.717, 1.165) is 12.8 Å². The van der Waals surface area contributed by atoms with Gasteiger partial charge in [-0.25, -0.2) is 9.78 Å². The van der Waals surface area contributed by atoms with Crippen LogP contribution in [0.2, 0.25) is 10.3 Å². The number of carbonyl (C=O) groups is 1. The number of halogens is 2. The fourth-order valence-electron chi connectivity index (χ4n) is 4.07. The third kappa shape index (κ3) is 2.17. The Labute approximate surface area is 135 Å². The molecule has 2 fully saturated rings. The van der Waals surface area contributed by atoms with Crippen molar-refractivity contribution >= 4 is 29.2 Å². The van der Waals surface area contributed by atoms with E-state index in [2.05, 4.69) is 25.8 Å². The zero-order valence-electron chi connectivity index (χ0n) is 12.5. The fraction of sp³-hybridized carbons (Fsp3) is 0.625. The minimum atomic E-state index is -0.404. The van der Waals surface area contributed by atoms with Crippen molar-refractivity contribution < 1.29 is 9.53 Å². The van der Waals surface area contributed by atoms with Crippen molar-refractivity contribution in [2.75, 3.05) is 0 Å². The van der Waals surface area contributed by atoms with Crippen LogP contribution >= 0.6 is 23.2 Å². The number of aromatic nitrogens is 1. The van der Waals surface area contributed by atoms with Gasteiger partial charge in [0.1, 0.15) is 16.4 Å². The van der Waals surface area contributed by atoms with Crippen molar-refractivity contribution in [3.63, 3.8) is 0 Å². The van der Waals surface area contributed by atoms with Crippen LogP contribution in [0.15, 0.2) is 12.1 Å². The molecule has 0 aliphatic heterocycles. The van der Waals surface area contributed by atoms with Gasteiger partial charge in [-0.05, 0) is 42.7 Å². The van der Waals surface area contributed by atoms with E-state index >= 15 is 0 Å². The van der Waals surface area contributed by atoms with Crippen molar-refractivity contribution in [1.29, 1.82) is 0 Å². The Morgan fingerprint density at radius 2 is 2.05 bits per heavy atom. The van der Waals surface area contributed by atoms with Gasteiger partial charge < -0.3 is 4.74 Å². The van der Waals surface area contributed by atoms with Crippen LogP contribution in [0.1, 0.15) is 50.4 Å². The normalized spacial score (nSPS) is 33.2. The van der Waals surface area contributed by atoms with Gasteiger partial charge in [0.2, 0.25) is 0 Å². The Balaban J connectivity index is 1.80. The molecule has 1 aromatic rings. The monoisotopic (exact) mass is 327 g/mol. The lowest BCUT2D eigenvalue weighted by Gasteiger charge is -2.38. The number of pyridine rings is 1. The highest BCUT2D eigenvalue weighted by Gasteiger charge is 2.62. The Morgan fingerprint density at radius 1 is 1.33 bits per heavy atom. The van der Waals surface area contributed by atoms with Crippen molar-refractivity contribution in [1.82, 2.24) is 4.98 Å². The molecule has 2 bridgehead atoms. The van der Waals surface area contributed by atoms with E-state index in [-0.39, 0.29) is 32.8 Å². The molecule has 3 rings (SSSR count). The molecule has 3 nitrogen and oxygen atoms in total. The zero-order valence-corrected chi connectivity index (χ0v) is 14.0. The molecule has 1 aromatic heterocycles. The highest BCUT2D eigenvalue weighted by molar-refractivity contribution is 6.34. The van der Waals surface area contributed by atoms with Crippen LogP contribution in [0, 0.1) is 16.7 Å². The van der Waals surface area contributed by atoms with Crippen LogP contribution in [0.4, 0.5) is 0 Å². The van der Waals surface area contributed by atoms with Gasteiger partial charge in [-0.1, -0.05) is 44.0 Å². The molecule has 2 aliphatic rings. The maximum atomic E-state index is 12.4. The first kappa shape index (κ1) is 15.1. The maximum Gasteiger partial charge on any atom is 0.341 e. The Morgan fingerprint density at radius 3 is 2.57 bits per heavy atom. The molecule has 1 heterocycles. The summed E-state index contributed by atoms with van der Waals surface area (Å²) in [5, 5.41) is 0.365. The fourth-order valence-corrected chi connectivity index (χ4v) is 4.49. The van der Waals surface area contributed by atoms with Gasteiger partial charge in [-0.2, -0.15) is 0 Å². The Bertz CT molecular complexity index is 602. The highest BCUT2D eigenvalue weighted by Crippen LogP contribution is 2.66. The first-order valence-corrected chi connectivity index (χ1v) is 8.04. The van der Waals surface area contributed by atoms with Crippen molar-refractivity contribution in [2.24, 2.45) is 16.7 Å². The molecular formula is C16H19Cl2NO2. The topological polar surface area (TPSA) is 39.2 Å². The molecule has 3 atom stereocenters. The van der Waals surface area contributed by atoms with Crippen molar-refractivity contribution in [3.8, 4) is 0 Å². The van der Waals surface area contributed by atoms with E-state index in [4.69, 9.17) is 27.9 Å². The third-order valence-corrected chi connectivity index (χ3v) is 6.50. The number of nitrogens with zero attached hydrogens (tertiary/aromatic N) is 1. The summed E-state index contributed by atoms with van der Waals surface area (Å²) < 4.78 is 5.78. The second-order valence-electron chi connectivity index (χ2n) is 6.98. The average molecular weight is 328 g/mol. The number of carbonyl (C=O) groups excluding carboxylic acids is 1. The second-order valence-corrected chi connectivity index (χ2v) is 7.72. The minimum Gasteiger partial charge on any atom is -0.458 e. The van der Waals surface area contributed by atoms with Gasteiger partial charge in [0, 0.05) is 5.41 Å². The molecule has 0 saturated heterocycles. The smallest absolute Gasteiger partial charge is 0.341 e. The van der Waals surface area contributed by atoms with Crippen LogP contribution in [0.5, 0.6) is 0 Å². The van der Waals surface area contributed by atoms with E-state index in [1.807, 2.05) is 0 Å². The molecule has 0 radical (unpaired) electrons. The largest absolute Gasteiger partial charge is 0.458 e. The second kappa shape index (κ2) is 4.85. The summed E-state index contributed by atoms with van der Waals surface area (Å²) in [6, 6.07) is 3.12. The number of rotatable bonds is 2. The lowest BCUT2D eigenvalue weighted by molar-refractivity contribution is -0.0242. The summed E-state index contributed by atoms with van der Waals surface area (Å²) in [6.07, 6.45) is 3.22. The summed E-state index contributed by atoms with van der Waals surface area (Å²) in [7, 11) is 0. The SMILES string of the molecule is CC1(C)C2CCC1(C)C(OC(=O)c1ccc(Cl)nc1Cl)C2. The number of fused-ring (bicyclic) bond motifs is 2. The van der Waals surface area contributed by atoms with E-state index in [1.54, 1.807) is 12.1 Å². The molecule has 3 unspecified atom stereocenters. The van der Waals surface area contributed by atoms with Gasteiger partial charge in [-0.15, -0.1) is 0 Å². The first-order valence-electron chi connectivity index (χ1n) is 7.29. The molecule has 5 heteroatoms. The summed E-state index contributed by atoms with van der Waals surface area (Å²) >= 11 is 11.7. The van der Waals surface area contributed by atoms with Crippen molar-refractivity contribution in [3.05, 3.63) is 28.0 Å². The van der Waals surface area contributed by atoms with Gasteiger partial charge in [-0.3, -0.25) is 0 Å². The lowest BCUT2D eigenvalue weighted by atomic mass is 9.70. The molecule has 114 valence electrons. The van der Waals surface area contributed by atoms with Crippen LogP contribution in [-0.2, 0) is 4.74 Å². The van der Waals surface area contributed by atoms with Gasteiger partial charge in [0.15, 0.2) is 0 Å². The third-order valence-electron chi connectivity index (χ3n) is 6.00. The lowest BCUT2D eigenvalue weighted by Crippen LogP contribution is -2.38. The standard InChI is InChI=1S/C16H19Cl2NO2/c1-15(2)9-6-7-16(15,3)11(8-9)21-14(20)10-4-5-12(17)19-13(10)18/h4-5,9,11H,6-8H2,1-3H3. The van der Waals surface area contributed by atoms with Crippen LogP contribution in [0.25, 0.3) is 0 Å². The van der Waals surface area contributed by atoms with Crippen LogP contribution in [0.3, 0.4) is 0 Å². The highest BCUT2D eigenvalue weighted by atomic mass is 35.5. The van der Waals surface area contributed by atoms with Gasteiger partial charge in [0.05, 0.1) is 5.56 Å². The molecule has 0 amide bonds. The molecule has 2 saturated carbocycles. The molecule has 0 aromatic carbocycles. The van der Waals surface area contributed by atoms with E-state index < -0.39 is 5.97 Å². The van der Waals surface area contributed by atoms with E-state index in [1.165, 1.54) is 6.42 Å². The predicted molar refractivity (Wildman–Crippen MR) is 82.7 cm³/mol. The number of hydrogen-bond acceptors (Lipinski definition) is 3. The first-order chi connectivity index (χ1) is 9.75. The maximum absolute atomic E-state index is 12.4. The van der Waals surface area contributed by atoms with Crippen LogP contribution < -0.4 is 0 Å². The molecule has 0 spiro atoms. The summed E-state index contributed by atoms with van der Waals surface area (Å²) in [5.74, 6) is 0.220. The zero-order chi connectivity index (χ0) is 15.4. The minimum absolute atomic E-state index is 0.0413. The van der Waals surface area contributed by atoms with Gasteiger partial charge >= 0.3 is 5.97 Å². The predicted octanol–water partition coefficient (Wildman–Crippen LogP) is 4.76. The van der Waals surface area contributed by atoms with E-state index in [9.17, 15) is 4.79 Å². The number of hydrogen-bond donors (Lipinski definition) is 0. The number of esters is 1. The summed E-state index contributed by atoms with van der Waals surface area (Å²) in [5.41, 5.74) is 0.532. The quantitative estimate of drug-likeness (QED) is 0.580. The molecule has 21 heavy (non-hydrogen) atoms. The molecule has 2 aliphatic carbocycles. The summed E-state index contributed by atoms with van der Waals surface area (Å²) in [6.45, 7) is 6.81.